The molecule has 0 saturated heterocycles. The minimum Gasteiger partial charge on any atom is -0.508 e. The Morgan fingerprint density at radius 1 is 1.32 bits per heavy atom. The monoisotopic (exact) mass is 263 g/mol. The summed E-state index contributed by atoms with van der Waals surface area (Å²) in [6, 6.07) is 6.15. The van der Waals surface area contributed by atoms with Crippen molar-refractivity contribution in [3.63, 3.8) is 0 Å². The molecule has 1 aliphatic rings. The molecule has 1 aromatic carbocycles. The lowest BCUT2D eigenvalue weighted by molar-refractivity contribution is 0.0717. The lowest BCUT2D eigenvalue weighted by Gasteiger charge is -2.38. The molecular formula is C15H21NO3. The Bertz CT molecular complexity index is 433. The van der Waals surface area contributed by atoms with Gasteiger partial charge >= 0.3 is 0 Å². The molecule has 4 heteroatoms. The molecule has 1 aromatic rings. The Morgan fingerprint density at radius 2 is 1.89 bits per heavy atom. The summed E-state index contributed by atoms with van der Waals surface area (Å²) in [5, 5.41) is 21.8. The molecule has 2 rings (SSSR count). The average Bonchev–Trinajstić information content (AvgIpc) is 2.42. The van der Waals surface area contributed by atoms with E-state index in [0.29, 0.717) is 11.5 Å². The van der Waals surface area contributed by atoms with E-state index in [-0.39, 0.29) is 18.3 Å². The first-order valence-corrected chi connectivity index (χ1v) is 6.77. The second-order valence-corrected chi connectivity index (χ2v) is 5.62. The number of phenolic OH excluding ortho intramolecular Hbond substituents is 1. The maximum absolute atomic E-state index is 12.2. The average molecular weight is 263 g/mol. The topological polar surface area (TPSA) is 69.6 Å². The molecule has 0 spiro atoms. The zero-order chi connectivity index (χ0) is 13.9. The maximum atomic E-state index is 12.2. The van der Waals surface area contributed by atoms with Crippen LogP contribution < -0.4 is 5.32 Å². The molecule has 0 heterocycles. The number of carbonyl (C=O) groups is 1. The highest BCUT2D eigenvalue weighted by molar-refractivity contribution is 5.94. The highest BCUT2D eigenvalue weighted by atomic mass is 16.3. The molecule has 3 N–H and O–H groups in total. The third kappa shape index (κ3) is 3.26. The van der Waals surface area contributed by atoms with E-state index in [0.717, 1.165) is 25.7 Å². The first kappa shape index (κ1) is 13.9. The van der Waals surface area contributed by atoms with Gasteiger partial charge in [-0.05, 0) is 55.9 Å². The minimum absolute atomic E-state index is 0.0243. The molecular weight excluding hydrogens is 242 g/mol. The zero-order valence-electron chi connectivity index (χ0n) is 11.2. The van der Waals surface area contributed by atoms with Crippen molar-refractivity contribution in [1.82, 2.24) is 5.32 Å². The number of aliphatic hydroxyl groups is 1. The summed E-state index contributed by atoms with van der Waals surface area (Å²) < 4.78 is 0. The van der Waals surface area contributed by atoms with Gasteiger partial charge in [-0.3, -0.25) is 4.79 Å². The van der Waals surface area contributed by atoms with Crippen LogP contribution in [0.5, 0.6) is 5.75 Å². The molecule has 0 aliphatic heterocycles. The van der Waals surface area contributed by atoms with Crippen LogP contribution in [-0.4, -0.2) is 28.3 Å². The summed E-state index contributed by atoms with van der Waals surface area (Å²) in [5.74, 6) is 0.605. The summed E-state index contributed by atoms with van der Waals surface area (Å²) >= 11 is 0. The lowest BCUT2D eigenvalue weighted by atomic mass is 9.77. The second-order valence-electron chi connectivity index (χ2n) is 5.62. The van der Waals surface area contributed by atoms with E-state index in [9.17, 15) is 15.0 Å². The predicted molar refractivity (Wildman–Crippen MR) is 73.0 cm³/mol. The van der Waals surface area contributed by atoms with Crippen LogP contribution in [0.15, 0.2) is 24.3 Å². The number of aliphatic hydroxyl groups excluding tert-OH is 1. The van der Waals surface area contributed by atoms with Gasteiger partial charge in [0.25, 0.3) is 5.91 Å². The molecule has 0 atom stereocenters. The van der Waals surface area contributed by atoms with Crippen LogP contribution in [0.1, 0.15) is 43.0 Å². The predicted octanol–water partition coefficient (Wildman–Crippen LogP) is 2.06. The highest BCUT2D eigenvalue weighted by Crippen LogP contribution is 2.31. The van der Waals surface area contributed by atoms with Crippen molar-refractivity contribution in [3.8, 4) is 5.75 Å². The third-order valence-electron chi connectivity index (χ3n) is 4.04. The standard InChI is InChI=1S/C15H21NO3/c1-11-6-8-15(10-17,9-7-11)16-14(19)12-2-4-13(18)5-3-12/h2-5,11,17-18H,6-10H2,1H3,(H,16,19). The van der Waals surface area contributed by atoms with Crippen molar-refractivity contribution in [1.29, 1.82) is 0 Å². The van der Waals surface area contributed by atoms with Gasteiger partial charge in [0, 0.05) is 5.56 Å². The van der Waals surface area contributed by atoms with Crippen molar-refractivity contribution in [2.24, 2.45) is 5.92 Å². The minimum atomic E-state index is -0.485. The van der Waals surface area contributed by atoms with E-state index in [1.807, 2.05) is 0 Å². The molecule has 0 aromatic heterocycles. The van der Waals surface area contributed by atoms with Crippen molar-refractivity contribution >= 4 is 5.91 Å². The molecule has 1 saturated carbocycles. The summed E-state index contributed by atoms with van der Waals surface area (Å²) in [4.78, 5) is 12.2. The molecule has 1 amide bonds. The SMILES string of the molecule is CC1CCC(CO)(NC(=O)c2ccc(O)cc2)CC1. The van der Waals surface area contributed by atoms with Crippen molar-refractivity contribution in [3.05, 3.63) is 29.8 Å². The van der Waals surface area contributed by atoms with E-state index < -0.39 is 5.54 Å². The summed E-state index contributed by atoms with van der Waals surface area (Å²) in [7, 11) is 0. The molecule has 19 heavy (non-hydrogen) atoms. The van der Waals surface area contributed by atoms with Gasteiger partial charge in [-0.1, -0.05) is 6.92 Å². The molecule has 0 radical (unpaired) electrons. The van der Waals surface area contributed by atoms with E-state index in [2.05, 4.69) is 12.2 Å². The molecule has 0 bridgehead atoms. The maximum Gasteiger partial charge on any atom is 0.251 e. The third-order valence-corrected chi connectivity index (χ3v) is 4.04. The Morgan fingerprint density at radius 3 is 2.42 bits per heavy atom. The molecule has 104 valence electrons. The molecule has 4 nitrogen and oxygen atoms in total. The zero-order valence-corrected chi connectivity index (χ0v) is 11.2. The number of carbonyl (C=O) groups excluding carboxylic acids is 1. The first-order valence-electron chi connectivity index (χ1n) is 6.77. The fourth-order valence-corrected chi connectivity index (χ4v) is 2.56. The normalized spacial score (nSPS) is 26.9. The lowest BCUT2D eigenvalue weighted by Crippen LogP contribution is -2.53. The van der Waals surface area contributed by atoms with Crippen LogP contribution in [0.2, 0.25) is 0 Å². The van der Waals surface area contributed by atoms with Crippen LogP contribution >= 0.6 is 0 Å². The van der Waals surface area contributed by atoms with Crippen molar-refractivity contribution < 1.29 is 15.0 Å². The number of hydrogen-bond acceptors (Lipinski definition) is 3. The van der Waals surface area contributed by atoms with Crippen LogP contribution in [-0.2, 0) is 0 Å². The highest BCUT2D eigenvalue weighted by Gasteiger charge is 2.35. The van der Waals surface area contributed by atoms with Gasteiger partial charge in [0.2, 0.25) is 0 Å². The molecule has 0 unspecified atom stereocenters. The van der Waals surface area contributed by atoms with Crippen molar-refractivity contribution in [2.45, 2.75) is 38.1 Å². The van der Waals surface area contributed by atoms with Gasteiger partial charge in [0.15, 0.2) is 0 Å². The quantitative estimate of drug-likeness (QED) is 0.782. The van der Waals surface area contributed by atoms with Gasteiger partial charge in [-0.15, -0.1) is 0 Å². The van der Waals surface area contributed by atoms with E-state index >= 15 is 0 Å². The Kier molecular flexibility index (Phi) is 4.10. The summed E-state index contributed by atoms with van der Waals surface area (Å²) in [6.45, 7) is 2.17. The van der Waals surface area contributed by atoms with Gasteiger partial charge < -0.3 is 15.5 Å². The number of benzene rings is 1. The summed E-state index contributed by atoms with van der Waals surface area (Å²) in [6.07, 6.45) is 3.68. The van der Waals surface area contributed by atoms with Crippen LogP contribution in [0.25, 0.3) is 0 Å². The molecule has 1 aliphatic carbocycles. The fourth-order valence-electron chi connectivity index (χ4n) is 2.56. The van der Waals surface area contributed by atoms with Crippen LogP contribution in [0.3, 0.4) is 0 Å². The van der Waals surface area contributed by atoms with E-state index in [1.165, 1.54) is 12.1 Å². The summed E-state index contributed by atoms with van der Waals surface area (Å²) in [5.41, 5.74) is 0.0193. The number of nitrogens with one attached hydrogen (secondary N) is 1. The first-order chi connectivity index (χ1) is 9.04. The number of phenols is 1. The van der Waals surface area contributed by atoms with Gasteiger partial charge in [-0.2, -0.15) is 0 Å². The van der Waals surface area contributed by atoms with Crippen molar-refractivity contribution in [2.75, 3.05) is 6.61 Å². The van der Waals surface area contributed by atoms with Gasteiger partial charge in [0.1, 0.15) is 5.75 Å². The van der Waals surface area contributed by atoms with Gasteiger partial charge in [0.05, 0.1) is 12.1 Å². The second kappa shape index (κ2) is 5.61. The number of hydrogen-bond donors (Lipinski definition) is 3. The van der Waals surface area contributed by atoms with Crippen LogP contribution in [0, 0.1) is 5.92 Å². The Balaban J connectivity index is 2.06. The number of aromatic hydroxyl groups is 1. The Labute approximate surface area is 113 Å². The smallest absolute Gasteiger partial charge is 0.251 e. The van der Waals surface area contributed by atoms with E-state index in [1.54, 1.807) is 12.1 Å². The van der Waals surface area contributed by atoms with Crippen LogP contribution in [0.4, 0.5) is 0 Å². The number of rotatable bonds is 3. The largest absolute Gasteiger partial charge is 0.508 e. The van der Waals surface area contributed by atoms with E-state index in [4.69, 9.17) is 0 Å². The number of amides is 1. The molecule has 1 fully saturated rings. The fraction of sp³-hybridized carbons (Fsp3) is 0.533. The van der Waals surface area contributed by atoms with Gasteiger partial charge in [-0.25, -0.2) is 0 Å². The Hall–Kier alpha value is -1.55.